The van der Waals surface area contributed by atoms with Crippen LogP contribution in [0.4, 0.5) is 19.0 Å². The minimum atomic E-state index is -4.86. The molecular weight excluding hydrogens is 515 g/mol. The number of halogens is 3. The summed E-state index contributed by atoms with van der Waals surface area (Å²) in [5, 5.41) is 10.3. The molecule has 0 unspecified atom stereocenters. The zero-order valence-electron chi connectivity index (χ0n) is 18.9. The number of nitrogens with one attached hydrogen (secondary N) is 2. The van der Waals surface area contributed by atoms with Gasteiger partial charge in [-0.3, -0.25) is 9.29 Å². The fourth-order valence-corrected chi connectivity index (χ4v) is 4.22. The molecule has 0 spiro atoms. The summed E-state index contributed by atoms with van der Waals surface area (Å²) in [4.78, 5) is 16.8. The zero-order chi connectivity index (χ0) is 26.6. The number of nitrogens with zero attached hydrogens (tertiary/aromatic N) is 3. The number of imidazole rings is 1. The van der Waals surface area contributed by atoms with Crippen LogP contribution in [0.3, 0.4) is 0 Å². The Balaban J connectivity index is 1.47. The van der Waals surface area contributed by atoms with Crippen molar-refractivity contribution in [3.05, 3.63) is 101 Å². The van der Waals surface area contributed by atoms with Crippen molar-refractivity contribution in [1.29, 1.82) is 0 Å². The van der Waals surface area contributed by atoms with E-state index in [1.54, 1.807) is 30.3 Å². The molecule has 0 atom stereocenters. The van der Waals surface area contributed by atoms with E-state index in [9.17, 15) is 31.5 Å². The Morgan fingerprint density at radius 1 is 1.00 bits per heavy atom. The molecule has 2 aromatic carbocycles. The second-order valence-electron chi connectivity index (χ2n) is 7.74. The van der Waals surface area contributed by atoms with E-state index in [0.29, 0.717) is 5.56 Å². The van der Waals surface area contributed by atoms with Gasteiger partial charge in [0.2, 0.25) is 5.88 Å². The van der Waals surface area contributed by atoms with Gasteiger partial charge in [0.25, 0.3) is 0 Å². The summed E-state index contributed by atoms with van der Waals surface area (Å²) in [5.74, 6) is -0.919. The van der Waals surface area contributed by atoms with Crippen molar-refractivity contribution in [3.63, 3.8) is 0 Å². The molecule has 10 nitrogen and oxygen atoms in total. The van der Waals surface area contributed by atoms with Crippen molar-refractivity contribution in [3.8, 4) is 17.3 Å². The number of aromatic hydroxyl groups is 1. The van der Waals surface area contributed by atoms with Gasteiger partial charge in [0.1, 0.15) is 11.6 Å². The fraction of sp³-hybridized carbons (Fsp3) is 0.130. The summed E-state index contributed by atoms with van der Waals surface area (Å²) in [6.45, 7) is 0.0186. The van der Waals surface area contributed by atoms with Crippen LogP contribution in [0.2, 0.25) is 0 Å². The third kappa shape index (κ3) is 6.89. The van der Waals surface area contributed by atoms with Crippen LogP contribution in [0.5, 0.6) is 11.6 Å². The number of ether oxygens (including phenoxy) is 1. The summed E-state index contributed by atoms with van der Waals surface area (Å²) < 4.78 is 72.4. The van der Waals surface area contributed by atoms with Crippen molar-refractivity contribution >= 4 is 16.0 Å². The first-order chi connectivity index (χ1) is 17.5. The third-order valence-corrected chi connectivity index (χ3v) is 5.99. The number of alkyl halides is 3. The molecule has 37 heavy (non-hydrogen) atoms. The fourth-order valence-electron chi connectivity index (χ4n) is 3.40. The number of hydrogen-bond acceptors (Lipinski definition) is 6. The zero-order valence-corrected chi connectivity index (χ0v) is 19.7. The Bertz CT molecular complexity index is 1540. The first-order valence-corrected chi connectivity index (χ1v) is 12.1. The van der Waals surface area contributed by atoms with Gasteiger partial charge in [0, 0.05) is 12.7 Å². The lowest BCUT2D eigenvalue weighted by Crippen LogP contribution is -2.30. The molecule has 0 radical (unpaired) electrons. The number of pyridine rings is 1. The van der Waals surface area contributed by atoms with Crippen molar-refractivity contribution in [2.45, 2.75) is 19.5 Å². The van der Waals surface area contributed by atoms with Gasteiger partial charge < -0.3 is 9.84 Å². The van der Waals surface area contributed by atoms with E-state index in [1.165, 1.54) is 24.4 Å². The largest absolute Gasteiger partial charge is 0.573 e. The van der Waals surface area contributed by atoms with Gasteiger partial charge in [-0.05, 0) is 47.5 Å². The molecule has 0 saturated heterocycles. The van der Waals surface area contributed by atoms with Gasteiger partial charge in [-0.2, -0.15) is 13.1 Å². The summed E-state index contributed by atoms with van der Waals surface area (Å²) in [6, 6.07) is 16.3. The van der Waals surface area contributed by atoms with Gasteiger partial charge in [-0.15, -0.1) is 13.2 Å². The van der Waals surface area contributed by atoms with Crippen molar-refractivity contribution in [2.75, 3.05) is 4.72 Å². The Morgan fingerprint density at radius 3 is 2.38 bits per heavy atom. The molecule has 0 aliphatic heterocycles. The lowest BCUT2D eigenvalue weighted by atomic mass is 10.2. The van der Waals surface area contributed by atoms with E-state index in [1.807, 2.05) is 6.07 Å². The Hall–Kier alpha value is -4.30. The highest BCUT2D eigenvalue weighted by molar-refractivity contribution is 7.90. The van der Waals surface area contributed by atoms with E-state index < -0.39 is 33.9 Å². The Kier molecular flexibility index (Phi) is 7.22. The molecule has 0 aliphatic rings. The lowest BCUT2D eigenvalue weighted by molar-refractivity contribution is -0.274. The predicted molar refractivity (Wildman–Crippen MR) is 128 cm³/mol. The van der Waals surface area contributed by atoms with Crippen molar-refractivity contribution < 1.29 is 31.4 Å². The molecule has 0 aliphatic carbocycles. The smallest absolute Gasteiger partial charge is 0.493 e. The Morgan fingerprint density at radius 2 is 1.70 bits per heavy atom. The number of rotatable bonds is 9. The van der Waals surface area contributed by atoms with Crippen LogP contribution in [-0.2, 0) is 23.3 Å². The molecular formula is C23H20F3N5O5S. The summed E-state index contributed by atoms with van der Waals surface area (Å²) in [7, 11) is -3.94. The highest BCUT2D eigenvalue weighted by Crippen LogP contribution is 2.24. The average Bonchev–Trinajstić information content (AvgIpc) is 3.10. The number of benzene rings is 2. The highest BCUT2D eigenvalue weighted by atomic mass is 32.2. The molecule has 4 aromatic rings. The van der Waals surface area contributed by atoms with Gasteiger partial charge in [-0.1, -0.05) is 30.3 Å². The third-order valence-electron chi connectivity index (χ3n) is 4.99. The quantitative estimate of drug-likeness (QED) is 0.302. The van der Waals surface area contributed by atoms with Crippen LogP contribution in [0.25, 0.3) is 5.69 Å². The van der Waals surface area contributed by atoms with Gasteiger partial charge in [-0.25, -0.2) is 14.3 Å². The normalized spacial score (nSPS) is 11.9. The first kappa shape index (κ1) is 25.8. The molecule has 0 bridgehead atoms. The van der Waals surface area contributed by atoms with Crippen LogP contribution >= 0.6 is 0 Å². The molecule has 0 saturated carbocycles. The maximum Gasteiger partial charge on any atom is 0.573 e. The molecule has 14 heteroatoms. The Labute approximate surface area is 208 Å². The predicted octanol–water partition coefficient (Wildman–Crippen LogP) is 3.13. The van der Waals surface area contributed by atoms with Gasteiger partial charge in [0.15, 0.2) is 0 Å². The maximum absolute atomic E-state index is 12.9. The summed E-state index contributed by atoms with van der Waals surface area (Å²) in [5.41, 5.74) is 0.693. The molecule has 194 valence electrons. The van der Waals surface area contributed by atoms with E-state index >= 15 is 0 Å². The monoisotopic (exact) mass is 535 g/mol. The molecule has 3 N–H and O–H groups in total. The molecule has 4 rings (SSSR count). The molecule has 2 aromatic heterocycles. The number of aromatic nitrogens is 3. The average molecular weight is 536 g/mol. The first-order valence-electron chi connectivity index (χ1n) is 10.6. The van der Waals surface area contributed by atoms with Crippen LogP contribution in [0.1, 0.15) is 11.1 Å². The minimum absolute atomic E-state index is 0.00928. The molecule has 0 amide bonds. The SMILES string of the molecule is O=c1n(Cc2ccnc(NS(=O)(=O)NCc3ccccc3)c2)cc(O)n1-c1ccc(OC(F)(F)F)cc1. The summed E-state index contributed by atoms with van der Waals surface area (Å²) >= 11 is 0. The standard InChI is InChI=1S/C23H20F3N5O5S/c24-23(25,26)36-19-8-6-18(7-9-19)31-21(32)15-30(22(31)33)14-17-10-11-27-20(12-17)29-37(34,35)28-13-16-4-2-1-3-5-16/h1-12,15,28,32H,13-14H2,(H,27,29). The van der Waals surface area contributed by atoms with Crippen LogP contribution < -0.4 is 19.9 Å². The number of hydrogen-bond donors (Lipinski definition) is 3. The van der Waals surface area contributed by atoms with E-state index in [0.717, 1.165) is 33.0 Å². The maximum atomic E-state index is 12.9. The van der Waals surface area contributed by atoms with Crippen LogP contribution in [-0.4, -0.2) is 34.0 Å². The summed E-state index contributed by atoms with van der Waals surface area (Å²) in [6.07, 6.45) is -2.36. The van der Waals surface area contributed by atoms with Crippen LogP contribution in [0, 0.1) is 0 Å². The molecule has 0 fully saturated rings. The lowest BCUT2D eigenvalue weighted by Gasteiger charge is -2.10. The second-order valence-corrected chi connectivity index (χ2v) is 9.24. The minimum Gasteiger partial charge on any atom is -0.493 e. The van der Waals surface area contributed by atoms with Crippen molar-refractivity contribution in [2.24, 2.45) is 0 Å². The van der Waals surface area contributed by atoms with Gasteiger partial charge >= 0.3 is 22.3 Å². The van der Waals surface area contributed by atoms with E-state index in [-0.39, 0.29) is 24.6 Å². The van der Waals surface area contributed by atoms with Crippen molar-refractivity contribution in [1.82, 2.24) is 18.8 Å². The van der Waals surface area contributed by atoms with Gasteiger partial charge in [0.05, 0.1) is 18.4 Å². The number of anilines is 1. The topological polar surface area (TPSA) is 127 Å². The second kappa shape index (κ2) is 10.4. The highest BCUT2D eigenvalue weighted by Gasteiger charge is 2.31. The van der Waals surface area contributed by atoms with E-state index in [4.69, 9.17) is 0 Å². The molecule has 2 heterocycles. The van der Waals surface area contributed by atoms with Crippen LogP contribution in [0.15, 0.2) is 83.9 Å². The van der Waals surface area contributed by atoms with E-state index in [2.05, 4.69) is 19.2 Å².